The SMILES string of the molecule is CNc1ccc(-c2ccc(-c3cn4c(n3)CC(C)C(OCC(O)CF)=C4)cc2)cn1. The first-order valence-electron chi connectivity index (χ1n) is 9.98. The average molecular weight is 408 g/mol. The summed E-state index contributed by atoms with van der Waals surface area (Å²) in [7, 11) is 1.85. The predicted molar refractivity (Wildman–Crippen MR) is 116 cm³/mol. The van der Waals surface area contributed by atoms with Gasteiger partial charge in [-0.3, -0.25) is 0 Å². The molecule has 2 N–H and O–H groups in total. The van der Waals surface area contributed by atoms with Crippen molar-refractivity contribution in [1.29, 1.82) is 0 Å². The van der Waals surface area contributed by atoms with E-state index in [-0.39, 0.29) is 12.5 Å². The largest absolute Gasteiger partial charge is 0.493 e. The van der Waals surface area contributed by atoms with E-state index in [1.807, 2.05) is 49.3 Å². The van der Waals surface area contributed by atoms with E-state index in [1.165, 1.54) is 0 Å². The van der Waals surface area contributed by atoms with E-state index in [0.29, 0.717) is 0 Å². The van der Waals surface area contributed by atoms with E-state index in [0.717, 1.165) is 46.2 Å². The summed E-state index contributed by atoms with van der Waals surface area (Å²) in [6.45, 7) is 1.18. The number of aliphatic hydroxyl groups excluding tert-OH is 1. The van der Waals surface area contributed by atoms with Crippen molar-refractivity contribution < 1.29 is 14.2 Å². The number of allylic oxidation sites excluding steroid dienone is 1. The number of hydrogen-bond acceptors (Lipinski definition) is 5. The van der Waals surface area contributed by atoms with Crippen LogP contribution in [-0.4, -0.2) is 46.1 Å². The third kappa shape index (κ3) is 4.21. The maximum atomic E-state index is 12.5. The Balaban J connectivity index is 1.53. The van der Waals surface area contributed by atoms with Crippen LogP contribution in [0, 0.1) is 5.92 Å². The molecule has 0 radical (unpaired) electrons. The molecule has 0 saturated heterocycles. The Morgan fingerprint density at radius 1 is 1.20 bits per heavy atom. The minimum Gasteiger partial charge on any atom is -0.493 e. The van der Waals surface area contributed by atoms with E-state index in [9.17, 15) is 9.50 Å². The quantitative estimate of drug-likeness (QED) is 0.619. The minimum absolute atomic E-state index is 0.0465. The van der Waals surface area contributed by atoms with Crippen molar-refractivity contribution in [2.24, 2.45) is 5.92 Å². The van der Waals surface area contributed by atoms with Gasteiger partial charge in [-0.25, -0.2) is 14.4 Å². The molecule has 3 heterocycles. The van der Waals surface area contributed by atoms with Crippen LogP contribution in [0.3, 0.4) is 0 Å². The number of alkyl halides is 1. The molecule has 2 aromatic heterocycles. The highest BCUT2D eigenvalue weighted by Crippen LogP contribution is 2.29. The van der Waals surface area contributed by atoms with E-state index >= 15 is 0 Å². The minimum atomic E-state index is -1.10. The first-order valence-corrected chi connectivity index (χ1v) is 9.98. The molecule has 1 aliphatic rings. The van der Waals surface area contributed by atoms with Crippen LogP contribution < -0.4 is 5.32 Å². The standard InChI is InChI=1S/C23H25FN4O2/c1-15-9-23-27-20(12-28(23)13-21(15)30-14-19(29)10-24)17-5-3-16(4-6-17)18-7-8-22(25-2)26-11-18/h3-8,11-13,15,19,29H,9-10,14H2,1-2H3,(H,25,26). The monoisotopic (exact) mass is 408 g/mol. The fraction of sp³-hybridized carbons (Fsp3) is 0.304. The molecule has 0 spiro atoms. The molecule has 30 heavy (non-hydrogen) atoms. The Morgan fingerprint density at radius 2 is 1.93 bits per heavy atom. The van der Waals surface area contributed by atoms with Crippen molar-refractivity contribution in [3.63, 3.8) is 0 Å². The number of aliphatic hydroxyl groups is 1. The van der Waals surface area contributed by atoms with Crippen molar-refractivity contribution in [2.75, 3.05) is 25.6 Å². The lowest BCUT2D eigenvalue weighted by Crippen LogP contribution is -2.21. The highest BCUT2D eigenvalue weighted by molar-refractivity contribution is 5.69. The number of hydrogen-bond donors (Lipinski definition) is 2. The molecule has 1 aliphatic heterocycles. The van der Waals surface area contributed by atoms with Gasteiger partial charge in [-0.1, -0.05) is 31.2 Å². The molecule has 1 aromatic carbocycles. The molecule has 156 valence electrons. The van der Waals surface area contributed by atoms with Gasteiger partial charge in [0.2, 0.25) is 0 Å². The van der Waals surface area contributed by atoms with Gasteiger partial charge in [-0.15, -0.1) is 0 Å². The molecular weight excluding hydrogens is 383 g/mol. The number of nitrogens with zero attached hydrogens (tertiary/aromatic N) is 3. The average Bonchev–Trinajstić information content (AvgIpc) is 3.20. The molecule has 0 saturated carbocycles. The number of rotatable bonds is 7. The Hall–Kier alpha value is -3.19. The maximum Gasteiger partial charge on any atom is 0.125 e. The van der Waals surface area contributed by atoms with Gasteiger partial charge in [0, 0.05) is 49.1 Å². The molecule has 0 aliphatic carbocycles. The molecule has 2 atom stereocenters. The van der Waals surface area contributed by atoms with E-state index in [4.69, 9.17) is 9.72 Å². The summed E-state index contributed by atoms with van der Waals surface area (Å²) < 4.78 is 20.0. The summed E-state index contributed by atoms with van der Waals surface area (Å²) >= 11 is 0. The predicted octanol–water partition coefficient (Wildman–Crippen LogP) is 3.99. The van der Waals surface area contributed by atoms with Gasteiger partial charge in [0.05, 0.1) is 5.69 Å². The van der Waals surface area contributed by atoms with Crippen LogP contribution in [0.25, 0.3) is 28.6 Å². The van der Waals surface area contributed by atoms with Crippen LogP contribution in [0.5, 0.6) is 0 Å². The van der Waals surface area contributed by atoms with Gasteiger partial charge in [-0.2, -0.15) is 0 Å². The summed E-state index contributed by atoms with van der Waals surface area (Å²) in [5, 5.41) is 12.4. The maximum absolute atomic E-state index is 12.5. The topological polar surface area (TPSA) is 72.2 Å². The van der Waals surface area contributed by atoms with Crippen molar-refractivity contribution in [2.45, 2.75) is 19.4 Å². The summed E-state index contributed by atoms with van der Waals surface area (Å²) in [6, 6.07) is 12.2. The zero-order valence-electron chi connectivity index (χ0n) is 17.0. The molecule has 0 fully saturated rings. The van der Waals surface area contributed by atoms with Crippen LogP contribution in [0.15, 0.2) is 54.6 Å². The van der Waals surface area contributed by atoms with Crippen LogP contribution in [-0.2, 0) is 11.2 Å². The second-order valence-electron chi connectivity index (χ2n) is 7.46. The zero-order valence-corrected chi connectivity index (χ0v) is 17.0. The number of anilines is 1. The van der Waals surface area contributed by atoms with Gasteiger partial charge >= 0.3 is 0 Å². The number of aromatic nitrogens is 3. The summed E-state index contributed by atoms with van der Waals surface area (Å²) in [4.78, 5) is 9.14. The van der Waals surface area contributed by atoms with Gasteiger partial charge in [0.25, 0.3) is 0 Å². The molecular formula is C23H25FN4O2. The number of fused-ring (bicyclic) bond motifs is 1. The highest BCUT2D eigenvalue weighted by Gasteiger charge is 2.22. The van der Waals surface area contributed by atoms with Gasteiger partial charge in [0.15, 0.2) is 0 Å². The summed E-state index contributed by atoms with van der Waals surface area (Å²) in [5.41, 5.74) is 4.05. The molecule has 2 unspecified atom stereocenters. The second-order valence-corrected chi connectivity index (χ2v) is 7.46. The molecule has 0 bridgehead atoms. The van der Waals surface area contributed by atoms with Gasteiger partial charge < -0.3 is 19.7 Å². The molecule has 6 nitrogen and oxygen atoms in total. The van der Waals surface area contributed by atoms with Gasteiger partial charge in [0.1, 0.15) is 36.8 Å². The number of benzene rings is 1. The molecule has 7 heteroatoms. The van der Waals surface area contributed by atoms with E-state index in [2.05, 4.69) is 34.6 Å². The van der Waals surface area contributed by atoms with Gasteiger partial charge in [-0.05, 0) is 17.7 Å². The lowest BCUT2D eigenvalue weighted by molar-refractivity contribution is 0.0459. The lowest BCUT2D eigenvalue weighted by Gasteiger charge is -2.22. The van der Waals surface area contributed by atoms with E-state index in [1.54, 1.807) is 0 Å². The summed E-state index contributed by atoms with van der Waals surface area (Å²) in [6.07, 6.45) is 5.31. The van der Waals surface area contributed by atoms with Crippen molar-refractivity contribution in [3.8, 4) is 22.4 Å². The molecule has 3 aromatic rings. The van der Waals surface area contributed by atoms with E-state index < -0.39 is 12.8 Å². The first-order chi connectivity index (χ1) is 14.6. The zero-order chi connectivity index (χ0) is 21.1. The fourth-order valence-corrected chi connectivity index (χ4v) is 3.44. The lowest BCUT2D eigenvalue weighted by atomic mass is 10.0. The first kappa shape index (κ1) is 20.1. The normalized spacial score (nSPS) is 16.5. The third-order valence-electron chi connectivity index (χ3n) is 5.20. The van der Waals surface area contributed by atoms with Crippen molar-refractivity contribution in [1.82, 2.24) is 14.5 Å². The summed E-state index contributed by atoms with van der Waals surface area (Å²) in [5.74, 6) is 2.64. The number of ether oxygens (including phenoxy) is 1. The number of imidazole rings is 1. The van der Waals surface area contributed by atoms with Crippen LogP contribution in [0.2, 0.25) is 0 Å². The fourth-order valence-electron chi connectivity index (χ4n) is 3.44. The Labute approximate surface area is 175 Å². The van der Waals surface area contributed by atoms with Crippen LogP contribution in [0.4, 0.5) is 10.2 Å². The second kappa shape index (κ2) is 8.67. The van der Waals surface area contributed by atoms with Crippen LogP contribution >= 0.6 is 0 Å². The highest BCUT2D eigenvalue weighted by atomic mass is 19.1. The molecule has 0 amide bonds. The molecule has 4 rings (SSSR count). The smallest absolute Gasteiger partial charge is 0.125 e. The van der Waals surface area contributed by atoms with Crippen molar-refractivity contribution in [3.05, 3.63) is 60.4 Å². The number of halogens is 1. The Kier molecular flexibility index (Phi) is 5.81. The number of pyridine rings is 1. The van der Waals surface area contributed by atoms with Crippen molar-refractivity contribution >= 4 is 12.0 Å². The Bertz CT molecular complexity index is 1030. The Morgan fingerprint density at radius 3 is 2.60 bits per heavy atom. The van der Waals surface area contributed by atoms with Crippen LogP contribution in [0.1, 0.15) is 12.7 Å². The number of nitrogens with one attached hydrogen (secondary N) is 1. The third-order valence-corrected chi connectivity index (χ3v) is 5.20.